The molecule has 5 nitrogen and oxygen atoms in total. The summed E-state index contributed by atoms with van der Waals surface area (Å²) in [5.74, 6) is 0.997. The van der Waals surface area contributed by atoms with Crippen molar-refractivity contribution in [3.05, 3.63) is 0 Å². The van der Waals surface area contributed by atoms with E-state index in [1.807, 2.05) is 34.6 Å². The fourth-order valence-electron chi connectivity index (χ4n) is 1.77. The summed E-state index contributed by atoms with van der Waals surface area (Å²) in [7, 11) is 0. The Hall–Kier alpha value is -0.750. The Labute approximate surface area is 133 Å². The van der Waals surface area contributed by atoms with Gasteiger partial charge in [0.25, 0.3) is 0 Å². The molecule has 0 aromatic carbocycles. The van der Waals surface area contributed by atoms with Crippen LogP contribution in [0.3, 0.4) is 0 Å². The zero-order chi connectivity index (χ0) is 16.5. The zero-order valence-corrected chi connectivity index (χ0v) is 15.0. The number of amides is 1. The fraction of sp³-hybridized carbons (Fsp3) is 0.867. The molecular formula is C15H30N2O3S. The van der Waals surface area contributed by atoms with Gasteiger partial charge in [0.05, 0.1) is 6.04 Å². The van der Waals surface area contributed by atoms with Crippen molar-refractivity contribution in [2.75, 3.05) is 25.4 Å². The van der Waals surface area contributed by atoms with E-state index in [9.17, 15) is 9.59 Å². The van der Waals surface area contributed by atoms with E-state index in [0.29, 0.717) is 19.6 Å². The second-order valence-corrected chi connectivity index (χ2v) is 6.74. The van der Waals surface area contributed by atoms with Crippen molar-refractivity contribution >= 4 is 24.3 Å². The normalized spacial score (nSPS) is 19.5. The van der Waals surface area contributed by atoms with Crippen LogP contribution in [0.4, 0.5) is 4.79 Å². The van der Waals surface area contributed by atoms with Crippen LogP contribution in [0, 0.1) is 0 Å². The van der Waals surface area contributed by atoms with Gasteiger partial charge < -0.3 is 14.4 Å². The maximum atomic E-state index is 12.0. The molecule has 1 heterocycles. The summed E-state index contributed by atoms with van der Waals surface area (Å²) in [5, 5.41) is 0. The molecule has 1 rings (SSSR count). The number of ether oxygens (including phenoxy) is 1. The smallest absolute Gasteiger partial charge is 0.410 e. The maximum absolute atomic E-state index is 12.0. The number of aldehydes is 1. The largest absolute Gasteiger partial charge is 0.444 e. The van der Waals surface area contributed by atoms with Crippen molar-refractivity contribution in [3.8, 4) is 0 Å². The lowest BCUT2D eigenvalue weighted by Crippen LogP contribution is -2.53. The lowest BCUT2D eigenvalue weighted by molar-refractivity contribution is -0.112. The van der Waals surface area contributed by atoms with Gasteiger partial charge in [0.2, 0.25) is 0 Å². The molecule has 0 saturated carbocycles. The Kier molecular flexibility index (Phi) is 9.70. The Balaban J connectivity index is 0.00000191. The van der Waals surface area contributed by atoms with Crippen LogP contribution in [-0.2, 0) is 9.53 Å². The molecule has 0 bridgehead atoms. The van der Waals surface area contributed by atoms with E-state index in [2.05, 4.69) is 11.2 Å². The number of hydrogen-bond acceptors (Lipinski definition) is 5. The van der Waals surface area contributed by atoms with Crippen molar-refractivity contribution in [2.45, 2.75) is 59.6 Å². The average molecular weight is 318 g/mol. The third-order valence-corrected chi connectivity index (χ3v) is 4.01. The SMILES string of the molecule is CC.CCCSN1CCN(C(=O)OC(C)(C)C)C[C@@H]1C=O. The van der Waals surface area contributed by atoms with Crippen LogP contribution >= 0.6 is 11.9 Å². The van der Waals surface area contributed by atoms with Crippen molar-refractivity contribution in [3.63, 3.8) is 0 Å². The van der Waals surface area contributed by atoms with Gasteiger partial charge in [-0.15, -0.1) is 0 Å². The minimum Gasteiger partial charge on any atom is -0.444 e. The third kappa shape index (κ3) is 7.71. The summed E-state index contributed by atoms with van der Waals surface area (Å²) < 4.78 is 7.40. The topological polar surface area (TPSA) is 49.9 Å². The van der Waals surface area contributed by atoms with Gasteiger partial charge in [0.15, 0.2) is 0 Å². The molecule has 0 unspecified atom stereocenters. The van der Waals surface area contributed by atoms with E-state index in [4.69, 9.17) is 4.74 Å². The van der Waals surface area contributed by atoms with E-state index in [0.717, 1.165) is 18.5 Å². The minimum atomic E-state index is -0.498. The molecule has 0 radical (unpaired) electrons. The van der Waals surface area contributed by atoms with Crippen LogP contribution in [0.15, 0.2) is 0 Å². The Morgan fingerprint density at radius 2 is 1.95 bits per heavy atom. The first-order chi connectivity index (χ1) is 9.87. The summed E-state index contributed by atoms with van der Waals surface area (Å²) in [6.45, 7) is 13.4. The molecule has 0 spiro atoms. The van der Waals surface area contributed by atoms with Crippen LogP contribution in [-0.4, -0.2) is 58.6 Å². The van der Waals surface area contributed by atoms with Gasteiger partial charge in [-0.2, -0.15) is 0 Å². The second-order valence-electron chi connectivity index (χ2n) is 5.60. The molecule has 1 amide bonds. The molecule has 1 aliphatic heterocycles. The Morgan fingerprint density at radius 3 is 2.43 bits per heavy atom. The first-order valence-electron chi connectivity index (χ1n) is 7.70. The minimum absolute atomic E-state index is 0.238. The van der Waals surface area contributed by atoms with Gasteiger partial charge in [-0.3, -0.25) is 0 Å². The van der Waals surface area contributed by atoms with E-state index in [1.54, 1.807) is 16.8 Å². The highest BCUT2D eigenvalue weighted by Gasteiger charge is 2.31. The molecule has 1 aliphatic rings. The van der Waals surface area contributed by atoms with Crippen LogP contribution in [0.5, 0.6) is 0 Å². The number of rotatable bonds is 4. The number of hydrogen-bond donors (Lipinski definition) is 0. The van der Waals surface area contributed by atoms with E-state index < -0.39 is 5.60 Å². The van der Waals surface area contributed by atoms with Gasteiger partial charge in [-0.1, -0.05) is 32.7 Å². The number of piperazine rings is 1. The van der Waals surface area contributed by atoms with E-state index in [1.165, 1.54) is 0 Å². The monoisotopic (exact) mass is 318 g/mol. The second kappa shape index (κ2) is 10.1. The molecule has 0 aromatic rings. The molecule has 0 aliphatic carbocycles. The molecule has 1 fully saturated rings. The molecule has 6 heteroatoms. The Bertz CT molecular complexity index is 319. The summed E-state index contributed by atoms with van der Waals surface area (Å²) >= 11 is 1.68. The van der Waals surface area contributed by atoms with Crippen molar-refractivity contribution in [1.82, 2.24) is 9.21 Å². The molecular weight excluding hydrogens is 288 g/mol. The molecule has 0 N–H and O–H groups in total. The predicted molar refractivity (Wildman–Crippen MR) is 88.5 cm³/mol. The molecule has 21 heavy (non-hydrogen) atoms. The summed E-state index contributed by atoms with van der Waals surface area (Å²) in [6.07, 6.45) is 1.65. The maximum Gasteiger partial charge on any atom is 0.410 e. The average Bonchev–Trinajstić information content (AvgIpc) is 2.45. The molecule has 0 aromatic heterocycles. The fourth-order valence-corrected chi connectivity index (χ4v) is 2.70. The zero-order valence-electron chi connectivity index (χ0n) is 14.2. The number of carbonyl (C=O) groups is 2. The molecule has 1 atom stereocenters. The lowest BCUT2D eigenvalue weighted by Gasteiger charge is -2.38. The highest BCUT2D eigenvalue weighted by molar-refractivity contribution is 7.97. The van der Waals surface area contributed by atoms with Crippen molar-refractivity contribution in [2.24, 2.45) is 0 Å². The molecule has 1 saturated heterocycles. The lowest BCUT2D eigenvalue weighted by atomic mass is 10.2. The third-order valence-electron chi connectivity index (χ3n) is 2.64. The summed E-state index contributed by atoms with van der Waals surface area (Å²) in [6, 6.07) is -0.238. The highest BCUT2D eigenvalue weighted by atomic mass is 32.2. The first kappa shape index (κ1) is 20.2. The quantitative estimate of drug-likeness (QED) is 0.588. The summed E-state index contributed by atoms with van der Waals surface area (Å²) in [4.78, 5) is 24.7. The van der Waals surface area contributed by atoms with Crippen molar-refractivity contribution < 1.29 is 14.3 Å². The van der Waals surface area contributed by atoms with Gasteiger partial charge in [-0.25, -0.2) is 9.10 Å². The Morgan fingerprint density at radius 1 is 1.33 bits per heavy atom. The van der Waals surface area contributed by atoms with Crippen LogP contribution < -0.4 is 0 Å². The van der Waals surface area contributed by atoms with Crippen LogP contribution in [0.25, 0.3) is 0 Å². The predicted octanol–water partition coefficient (Wildman–Crippen LogP) is 3.19. The van der Waals surface area contributed by atoms with E-state index in [-0.39, 0.29) is 12.1 Å². The number of carbonyl (C=O) groups excluding carboxylic acids is 2. The van der Waals surface area contributed by atoms with Gasteiger partial charge in [-0.05, 0) is 27.2 Å². The van der Waals surface area contributed by atoms with Gasteiger partial charge in [0.1, 0.15) is 11.9 Å². The van der Waals surface area contributed by atoms with Crippen LogP contribution in [0.2, 0.25) is 0 Å². The first-order valence-corrected chi connectivity index (χ1v) is 8.64. The van der Waals surface area contributed by atoms with Gasteiger partial charge in [0, 0.05) is 25.4 Å². The number of nitrogens with zero attached hydrogens (tertiary/aromatic N) is 2. The highest BCUT2D eigenvalue weighted by Crippen LogP contribution is 2.20. The van der Waals surface area contributed by atoms with E-state index >= 15 is 0 Å². The molecule has 124 valence electrons. The van der Waals surface area contributed by atoms with Crippen LogP contribution in [0.1, 0.15) is 48.0 Å². The van der Waals surface area contributed by atoms with Gasteiger partial charge >= 0.3 is 6.09 Å². The van der Waals surface area contributed by atoms with Crippen molar-refractivity contribution in [1.29, 1.82) is 0 Å². The summed E-state index contributed by atoms with van der Waals surface area (Å²) in [5.41, 5.74) is -0.498. The standard InChI is InChI=1S/C13H24N2O3S.C2H6/c1-5-8-19-15-7-6-14(9-11(15)10-16)12(17)18-13(2,3)4;1-2/h10-11H,5-9H2,1-4H3;1-2H3/t11-;/m1./s1.